The highest BCUT2D eigenvalue weighted by atomic mass is 19.2. The summed E-state index contributed by atoms with van der Waals surface area (Å²) in [4.78, 5) is 34.0. The van der Waals surface area contributed by atoms with E-state index < -0.39 is 35.0 Å². The first kappa shape index (κ1) is 18.5. The molecule has 0 aromatic heterocycles. The van der Waals surface area contributed by atoms with Gasteiger partial charge in [0.15, 0.2) is 11.6 Å². The van der Waals surface area contributed by atoms with Crippen LogP contribution in [0.1, 0.15) is 37.0 Å². The molecule has 0 bridgehead atoms. The van der Waals surface area contributed by atoms with Crippen molar-refractivity contribution in [1.29, 1.82) is 0 Å². The molecule has 1 aromatic carbocycles. The molecular weight excluding hydrogens is 310 g/mol. The lowest BCUT2D eigenvalue weighted by atomic mass is 9.98. The maximum Gasteiger partial charge on any atom is 0.303 e. The Hall–Kier alpha value is -2.51. The first-order valence-electron chi connectivity index (χ1n) is 6.87. The number of carboxylic acid groups (broad SMARTS) is 1. The predicted octanol–water partition coefficient (Wildman–Crippen LogP) is 1.45. The van der Waals surface area contributed by atoms with Crippen molar-refractivity contribution in [2.75, 3.05) is 6.54 Å². The van der Waals surface area contributed by atoms with Crippen LogP contribution >= 0.6 is 0 Å². The normalized spacial score (nSPS) is 11.0. The number of rotatable bonds is 7. The lowest BCUT2D eigenvalue weighted by Crippen LogP contribution is -2.47. The van der Waals surface area contributed by atoms with E-state index in [2.05, 4.69) is 10.6 Å². The van der Waals surface area contributed by atoms with Crippen LogP contribution in [0.2, 0.25) is 0 Å². The number of halogens is 2. The molecule has 0 saturated carbocycles. The highest BCUT2D eigenvalue weighted by Gasteiger charge is 2.21. The molecular formula is C15H18F2N2O4. The van der Waals surface area contributed by atoms with Crippen LogP contribution in [0.5, 0.6) is 0 Å². The second kappa shape index (κ2) is 7.66. The van der Waals surface area contributed by atoms with Gasteiger partial charge in [-0.1, -0.05) is 0 Å². The molecule has 0 aliphatic carbocycles. The Morgan fingerprint density at radius 1 is 1.17 bits per heavy atom. The zero-order valence-corrected chi connectivity index (χ0v) is 12.8. The summed E-state index contributed by atoms with van der Waals surface area (Å²) in [5, 5.41) is 13.5. The van der Waals surface area contributed by atoms with Crippen LogP contribution in [0.15, 0.2) is 18.2 Å². The number of hydrogen-bond donors (Lipinski definition) is 3. The lowest BCUT2D eigenvalue weighted by molar-refractivity contribution is -0.137. The van der Waals surface area contributed by atoms with Crippen molar-refractivity contribution in [3.8, 4) is 0 Å². The van der Waals surface area contributed by atoms with E-state index in [4.69, 9.17) is 5.11 Å². The zero-order chi connectivity index (χ0) is 17.6. The summed E-state index contributed by atoms with van der Waals surface area (Å²) < 4.78 is 25.8. The molecule has 0 heterocycles. The van der Waals surface area contributed by atoms with Crippen LogP contribution in [-0.2, 0) is 9.59 Å². The van der Waals surface area contributed by atoms with E-state index in [1.807, 2.05) is 0 Å². The average Bonchev–Trinajstić information content (AvgIpc) is 2.45. The number of nitrogens with one attached hydrogen (secondary N) is 2. The summed E-state index contributed by atoms with van der Waals surface area (Å²) in [6, 6.07) is 2.65. The van der Waals surface area contributed by atoms with Crippen LogP contribution in [0.25, 0.3) is 0 Å². The molecule has 0 radical (unpaired) electrons. The Labute approximate surface area is 131 Å². The molecule has 23 heavy (non-hydrogen) atoms. The van der Waals surface area contributed by atoms with Crippen molar-refractivity contribution < 1.29 is 28.3 Å². The highest BCUT2D eigenvalue weighted by Crippen LogP contribution is 2.11. The van der Waals surface area contributed by atoms with Gasteiger partial charge in [0.1, 0.15) is 0 Å². The van der Waals surface area contributed by atoms with Crippen molar-refractivity contribution in [2.24, 2.45) is 0 Å². The minimum atomic E-state index is -1.16. The van der Waals surface area contributed by atoms with Crippen molar-refractivity contribution >= 4 is 17.8 Å². The Morgan fingerprint density at radius 2 is 1.83 bits per heavy atom. The first-order valence-corrected chi connectivity index (χ1v) is 6.87. The van der Waals surface area contributed by atoms with Gasteiger partial charge < -0.3 is 15.7 Å². The van der Waals surface area contributed by atoms with Gasteiger partial charge in [-0.2, -0.15) is 0 Å². The molecule has 0 fully saturated rings. The summed E-state index contributed by atoms with van der Waals surface area (Å²) >= 11 is 0. The molecule has 0 atom stereocenters. The fourth-order valence-electron chi connectivity index (χ4n) is 1.80. The average molecular weight is 328 g/mol. The maximum absolute atomic E-state index is 13.0. The second-order valence-corrected chi connectivity index (χ2v) is 5.64. The van der Waals surface area contributed by atoms with Gasteiger partial charge in [-0.3, -0.25) is 14.4 Å². The molecule has 0 saturated heterocycles. The Bertz CT molecular complexity index is 617. The minimum absolute atomic E-state index is 0.103. The van der Waals surface area contributed by atoms with Gasteiger partial charge in [0.2, 0.25) is 5.91 Å². The Kier molecular flexibility index (Phi) is 6.18. The van der Waals surface area contributed by atoms with E-state index in [1.54, 1.807) is 13.8 Å². The van der Waals surface area contributed by atoms with Crippen LogP contribution in [-0.4, -0.2) is 35.0 Å². The second-order valence-electron chi connectivity index (χ2n) is 5.64. The summed E-state index contributed by atoms with van der Waals surface area (Å²) in [6.07, 6.45) is 0.125. The molecule has 1 aromatic rings. The van der Waals surface area contributed by atoms with Crippen LogP contribution in [0, 0.1) is 11.6 Å². The smallest absolute Gasteiger partial charge is 0.303 e. The molecule has 0 unspecified atom stereocenters. The lowest BCUT2D eigenvalue weighted by Gasteiger charge is -2.25. The summed E-state index contributed by atoms with van der Waals surface area (Å²) in [5.41, 5.74) is -0.857. The standard InChI is InChI=1S/C15H18F2N2O4/c1-15(2,6-5-13(21)22)19-12(20)8-18-14(23)9-3-4-10(16)11(17)7-9/h3-4,7H,5-6,8H2,1-2H3,(H,18,23)(H,19,20)(H,21,22). The molecule has 1 rings (SSSR count). The molecule has 3 N–H and O–H groups in total. The number of hydrogen-bond acceptors (Lipinski definition) is 3. The van der Waals surface area contributed by atoms with Gasteiger partial charge in [-0.05, 0) is 38.5 Å². The van der Waals surface area contributed by atoms with Gasteiger partial charge in [0.05, 0.1) is 6.54 Å². The maximum atomic E-state index is 13.0. The molecule has 6 nitrogen and oxygen atoms in total. The number of amides is 2. The molecule has 2 amide bonds. The molecule has 0 aliphatic heterocycles. The Balaban J connectivity index is 2.50. The topological polar surface area (TPSA) is 95.5 Å². The van der Waals surface area contributed by atoms with E-state index in [1.165, 1.54) is 0 Å². The quantitative estimate of drug-likeness (QED) is 0.706. The van der Waals surface area contributed by atoms with E-state index in [0.717, 1.165) is 18.2 Å². The van der Waals surface area contributed by atoms with E-state index >= 15 is 0 Å². The number of carboxylic acids is 1. The van der Waals surface area contributed by atoms with Gasteiger partial charge in [0, 0.05) is 17.5 Å². The first-order chi connectivity index (χ1) is 10.6. The fourth-order valence-corrected chi connectivity index (χ4v) is 1.80. The van der Waals surface area contributed by atoms with E-state index in [9.17, 15) is 23.2 Å². The summed E-state index contributed by atoms with van der Waals surface area (Å²) in [5.74, 6) is -4.44. The van der Waals surface area contributed by atoms with Crippen LogP contribution in [0.4, 0.5) is 8.78 Å². The number of carbonyl (C=O) groups is 3. The van der Waals surface area contributed by atoms with Gasteiger partial charge >= 0.3 is 5.97 Å². The van der Waals surface area contributed by atoms with Gasteiger partial charge in [0.25, 0.3) is 5.91 Å². The SMILES string of the molecule is CC(C)(CCC(=O)O)NC(=O)CNC(=O)c1ccc(F)c(F)c1. The van der Waals surface area contributed by atoms with Crippen LogP contribution < -0.4 is 10.6 Å². The van der Waals surface area contributed by atoms with Gasteiger partial charge in [-0.25, -0.2) is 8.78 Å². The third-order valence-corrected chi connectivity index (χ3v) is 3.03. The van der Waals surface area contributed by atoms with Crippen LogP contribution in [0.3, 0.4) is 0 Å². The molecule has 0 aliphatic rings. The van der Waals surface area contributed by atoms with Crippen molar-refractivity contribution in [3.05, 3.63) is 35.4 Å². The van der Waals surface area contributed by atoms with Gasteiger partial charge in [-0.15, -0.1) is 0 Å². The highest BCUT2D eigenvalue weighted by molar-refractivity contribution is 5.96. The Morgan fingerprint density at radius 3 is 2.39 bits per heavy atom. The zero-order valence-electron chi connectivity index (χ0n) is 12.8. The van der Waals surface area contributed by atoms with Crippen molar-refractivity contribution in [2.45, 2.75) is 32.2 Å². The summed E-state index contributed by atoms with van der Waals surface area (Å²) in [6.45, 7) is 2.95. The van der Waals surface area contributed by atoms with E-state index in [0.29, 0.717) is 0 Å². The number of benzene rings is 1. The summed E-state index contributed by atoms with van der Waals surface area (Å²) in [7, 11) is 0. The fraction of sp³-hybridized carbons (Fsp3) is 0.400. The number of aliphatic carboxylic acids is 1. The number of carbonyl (C=O) groups excluding carboxylic acids is 2. The largest absolute Gasteiger partial charge is 0.481 e. The monoisotopic (exact) mass is 328 g/mol. The molecule has 0 spiro atoms. The minimum Gasteiger partial charge on any atom is -0.481 e. The van der Waals surface area contributed by atoms with E-state index in [-0.39, 0.29) is 24.9 Å². The molecule has 126 valence electrons. The van der Waals surface area contributed by atoms with Crippen molar-refractivity contribution in [1.82, 2.24) is 10.6 Å². The predicted molar refractivity (Wildman–Crippen MR) is 77.8 cm³/mol. The third kappa shape index (κ3) is 6.41. The van der Waals surface area contributed by atoms with Crippen molar-refractivity contribution in [3.63, 3.8) is 0 Å². The molecule has 8 heteroatoms. The third-order valence-electron chi connectivity index (χ3n) is 3.03.